The van der Waals surface area contributed by atoms with Crippen LogP contribution in [0.2, 0.25) is 0 Å². The van der Waals surface area contributed by atoms with Crippen molar-refractivity contribution in [3.63, 3.8) is 0 Å². The monoisotopic (exact) mass is 455 g/mol. The minimum Gasteiger partial charge on any atom is -0.504 e. The van der Waals surface area contributed by atoms with E-state index in [1.165, 1.54) is 31.4 Å². The summed E-state index contributed by atoms with van der Waals surface area (Å²) >= 11 is 0. The van der Waals surface area contributed by atoms with Crippen LogP contribution in [-0.4, -0.2) is 89.4 Å². The van der Waals surface area contributed by atoms with Gasteiger partial charge in [-0.1, -0.05) is 6.07 Å². The third-order valence-corrected chi connectivity index (χ3v) is 4.59. The summed E-state index contributed by atoms with van der Waals surface area (Å²) in [5, 5.41) is 42.7. The normalized spacial score (nSPS) is 26.5. The number of esters is 2. The lowest BCUT2D eigenvalue weighted by Crippen LogP contribution is -2.62. The fourth-order valence-corrected chi connectivity index (χ4v) is 3.10. The molecule has 1 fully saturated rings. The number of hydrogen-bond donors (Lipinski definition) is 5. The van der Waals surface area contributed by atoms with E-state index >= 15 is 0 Å². The Morgan fingerprint density at radius 1 is 1.25 bits per heavy atom. The van der Waals surface area contributed by atoms with E-state index in [1.54, 1.807) is 6.92 Å². The van der Waals surface area contributed by atoms with Crippen molar-refractivity contribution in [1.29, 1.82) is 0 Å². The Morgan fingerprint density at radius 2 is 1.97 bits per heavy atom. The lowest BCUT2D eigenvalue weighted by molar-refractivity contribution is -0.287. The summed E-state index contributed by atoms with van der Waals surface area (Å²) in [5.74, 6) is -1.48. The second-order valence-electron chi connectivity index (χ2n) is 7.30. The molecule has 1 aromatic rings. The molecule has 0 aromatic heterocycles. The number of carbonyl (C=O) groups excluding carboxylic acids is 2. The molecule has 11 heteroatoms. The smallest absolute Gasteiger partial charge is 0.331 e. The van der Waals surface area contributed by atoms with Gasteiger partial charge in [0.1, 0.15) is 12.2 Å². The van der Waals surface area contributed by atoms with E-state index in [2.05, 4.69) is 5.32 Å². The predicted octanol–water partition coefficient (Wildman–Crippen LogP) is -0.694. The van der Waals surface area contributed by atoms with Gasteiger partial charge in [-0.25, -0.2) is 4.79 Å². The van der Waals surface area contributed by atoms with Crippen LogP contribution in [0, 0.1) is 0 Å². The van der Waals surface area contributed by atoms with E-state index in [0.29, 0.717) is 5.56 Å². The molecule has 1 heterocycles. The molecule has 6 atom stereocenters. The first-order valence-electron chi connectivity index (χ1n) is 9.95. The molecule has 0 amide bonds. The van der Waals surface area contributed by atoms with Gasteiger partial charge in [0.15, 0.2) is 30.0 Å². The van der Waals surface area contributed by atoms with Crippen LogP contribution in [0.25, 0.3) is 6.08 Å². The molecule has 0 saturated carbocycles. The van der Waals surface area contributed by atoms with Crippen molar-refractivity contribution in [2.24, 2.45) is 0 Å². The molecular formula is C21H29NO10. The number of aliphatic hydroxyl groups excluding tert-OH is 3. The lowest BCUT2D eigenvalue weighted by Gasteiger charge is -2.41. The maximum Gasteiger partial charge on any atom is 0.331 e. The maximum absolute atomic E-state index is 12.3. The number of rotatable bonds is 9. The average Bonchev–Trinajstić information content (AvgIpc) is 2.72. The van der Waals surface area contributed by atoms with Crippen molar-refractivity contribution >= 4 is 18.0 Å². The van der Waals surface area contributed by atoms with Crippen molar-refractivity contribution < 1.29 is 49.0 Å². The SMILES string of the molecule is COc1cc(C=CC(=O)OC2C(O)OC(CNCC(C)O)C(O)C2OC(C)=O)ccc1O. The van der Waals surface area contributed by atoms with E-state index in [4.69, 9.17) is 18.9 Å². The summed E-state index contributed by atoms with van der Waals surface area (Å²) in [5.41, 5.74) is 0.526. The van der Waals surface area contributed by atoms with Crippen molar-refractivity contribution in [1.82, 2.24) is 5.32 Å². The quantitative estimate of drug-likeness (QED) is 0.236. The molecule has 11 nitrogen and oxygen atoms in total. The fourth-order valence-electron chi connectivity index (χ4n) is 3.10. The number of phenols is 1. The molecule has 0 aliphatic carbocycles. The Hall–Kier alpha value is -2.70. The number of nitrogens with one attached hydrogen (secondary N) is 1. The van der Waals surface area contributed by atoms with E-state index in [-0.39, 0.29) is 24.6 Å². The first kappa shape index (κ1) is 25.6. The Kier molecular flexibility index (Phi) is 9.42. The Balaban J connectivity index is 2.08. The standard InChI is InChI=1S/C21H29NO10/c1-11(23)9-22-10-16-18(27)19(30-12(2)24)20(21(28)31-16)32-17(26)7-5-13-4-6-14(25)15(8-13)29-3/h4-8,11,16,18-23,25,27-28H,9-10H2,1-3H3. The van der Waals surface area contributed by atoms with Crippen molar-refractivity contribution in [3.8, 4) is 11.5 Å². The van der Waals surface area contributed by atoms with E-state index < -0.39 is 48.7 Å². The molecule has 0 bridgehead atoms. The van der Waals surface area contributed by atoms with Crippen molar-refractivity contribution in [2.75, 3.05) is 20.2 Å². The van der Waals surface area contributed by atoms with Crippen LogP contribution in [0.4, 0.5) is 0 Å². The van der Waals surface area contributed by atoms with Crippen LogP contribution < -0.4 is 10.1 Å². The molecule has 2 rings (SSSR count). The number of ether oxygens (including phenoxy) is 4. The topological polar surface area (TPSA) is 164 Å². The third-order valence-electron chi connectivity index (χ3n) is 4.59. The Morgan fingerprint density at radius 3 is 2.59 bits per heavy atom. The maximum atomic E-state index is 12.3. The van der Waals surface area contributed by atoms with Gasteiger partial charge in [-0.2, -0.15) is 0 Å². The summed E-state index contributed by atoms with van der Waals surface area (Å²) in [6.07, 6.45) is -5.11. The molecular weight excluding hydrogens is 426 g/mol. The molecule has 1 aliphatic rings. The van der Waals surface area contributed by atoms with Crippen LogP contribution in [0.1, 0.15) is 19.4 Å². The highest BCUT2D eigenvalue weighted by Gasteiger charge is 2.48. The summed E-state index contributed by atoms with van der Waals surface area (Å²) in [6, 6.07) is 4.42. The zero-order valence-electron chi connectivity index (χ0n) is 18.0. The molecule has 1 aromatic carbocycles. The molecule has 1 aliphatic heterocycles. The predicted molar refractivity (Wildman–Crippen MR) is 111 cm³/mol. The largest absolute Gasteiger partial charge is 0.504 e. The van der Waals surface area contributed by atoms with Gasteiger partial charge in [0.05, 0.1) is 13.2 Å². The second-order valence-corrected chi connectivity index (χ2v) is 7.30. The van der Waals surface area contributed by atoms with Crippen LogP contribution in [0.15, 0.2) is 24.3 Å². The molecule has 6 unspecified atom stereocenters. The van der Waals surface area contributed by atoms with E-state index in [1.807, 2.05) is 0 Å². The van der Waals surface area contributed by atoms with Crippen molar-refractivity contribution in [2.45, 2.75) is 50.7 Å². The highest BCUT2D eigenvalue weighted by Crippen LogP contribution is 2.27. The molecule has 32 heavy (non-hydrogen) atoms. The van der Waals surface area contributed by atoms with Gasteiger partial charge >= 0.3 is 11.9 Å². The van der Waals surface area contributed by atoms with Gasteiger partial charge in [-0.3, -0.25) is 4.79 Å². The van der Waals surface area contributed by atoms with Crippen molar-refractivity contribution in [3.05, 3.63) is 29.8 Å². The van der Waals surface area contributed by atoms with E-state index in [0.717, 1.165) is 13.0 Å². The van der Waals surface area contributed by atoms with E-state index in [9.17, 15) is 30.0 Å². The van der Waals surface area contributed by atoms with Gasteiger partial charge in [0, 0.05) is 26.1 Å². The van der Waals surface area contributed by atoms with Gasteiger partial charge in [-0.15, -0.1) is 0 Å². The Labute approximate surface area is 185 Å². The van der Waals surface area contributed by atoms with Crippen LogP contribution in [0.5, 0.6) is 11.5 Å². The average molecular weight is 455 g/mol. The molecule has 178 valence electrons. The lowest BCUT2D eigenvalue weighted by atomic mass is 9.98. The first-order valence-corrected chi connectivity index (χ1v) is 9.95. The minimum atomic E-state index is -1.67. The third kappa shape index (κ3) is 7.18. The highest BCUT2D eigenvalue weighted by atomic mass is 16.7. The van der Waals surface area contributed by atoms with Crippen LogP contribution in [-0.2, 0) is 23.8 Å². The van der Waals surface area contributed by atoms with Crippen LogP contribution in [0.3, 0.4) is 0 Å². The molecule has 1 saturated heterocycles. The second kappa shape index (κ2) is 11.8. The van der Waals surface area contributed by atoms with Gasteiger partial charge in [-0.05, 0) is 30.7 Å². The summed E-state index contributed by atoms with van der Waals surface area (Å²) in [6.45, 7) is 2.95. The Bertz CT molecular complexity index is 812. The fraction of sp³-hybridized carbons (Fsp3) is 0.524. The number of benzene rings is 1. The number of aliphatic hydroxyl groups is 3. The summed E-state index contributed by atoms with van der Waals surface area (Å²) in [4.78, 5) is 23.8. The number of carbonyl (C=O) groups is 2. The van der Waals surface area contributed by atoms with Gasteiger partial charge in [0.25, 0.3) is 0 Å². The number of methoxy groups -OCH3 is 1. The van der Waals surface area contributed by atoms with Gasteiger partial charge < -0.3 is 44.7 Å². The number of phenolic OH excluding ortho intramolecular Hbond substituents is 1. The minimum absolute atomic E-state index is 0.0458. The highest BCUT2D eigenvalue weighted by molar-refractivity contribution is 5.87. The number of aromatic hydroxyl groups is 1. The molecule has 0 radical (unpaired) electrons. The summed E-state index contributed by atoms with van der Waals surface area (Å²) < 4.78 is 20.6. The first-order chi connectivity index (χ1) is 15.1. The zero-order valence-corrected chi connectivity index (χ0v) is 18.0. The van der Waals surface area contributed by atoms with Crippen LogP contribution >= 0.6 is 0 Å². The molecule has 0 spiro atoms. The summed E-state index contributed by atoms with van der Waals surface area (Å²) in [7, 11) is 1.38. The zero-order chi connectivity index (χ0) is 23.8. The molecule has 5 N–H and O–H groups in total. The number of hydrogen-bond acceptors (Lipinski definition) is 11. The van der Waals surface area contributed by atoms with Gasteiger partial charge in [0.2, 0.25) is 0 Å².